The second-order valence-corrected chi connectivity index (χ2v) is 4.16. The molecule has 0 spiro atoms. The number of aromatic nitrogens is 1. The van der Waals surface area contributed by atoms with Crippen LogP contribution >= 0.6 is 0 Å². The van der Waals surface area contributed by atoms with Crippen LogP contribution in [-0.4, -0.2) is 18.0 Å². The van der Waals surface area contributed by atoms with E-state index >= 15 is 0 Å². The number of nitrogens with zero attached hydrogens (tertiary/aromatic N) is 1. The molecule has 15 heavy (non-hydrogen) atoms. The number of amides is 1. The molecule has 1 aromatic heterocycles. The normalized spacial score (nSPS) is 17.2. The van der Waals surface area contributed by atoms with E-state index in [4.69, 9.17) is 10.5 Å². The summed E-state index contributed by atoms with van der Waals surface area (Å²) in [7, 11) is 1.53. The van der Waals surface area contributed by atoms with E-state index in [1.807, 2.05) is 0 Å². The summed E-state index contributed by atoms with van der Waals surface area (Å²) in [6.07, 6.45) is 3.76. The van der Waals surface area contributed by atoms with E-state index < -0.39 is 5.91 Å². The highest BCUT2D eigenvalue weighted by molar-refractivity contribution is 5.97. The van der Waals surface area contributed by atoms with E-state index in [2.05, 4.69) is 11.9 Å². The van der Waals surface area contributed by atoms with E-state index in [0.717, 1.165) is 18.5 Å². The molecule has 0 bridgehead atoms. The van der Waals surface area contributed by atoms with Gasteiger partial charge >= 0.3 is 0 Å². The minimum Gasteiger partial charge on any atom is -0.496 e. The van der Waals surface area contributed by atoms with Crippen molar-refractivity contribution in [3.63, 3.8) is 0 Å². The molecule has 0 aromatic carbocycles. The predicted molar refractivity (Wildman–Crippen MR) is 55.9 cm³/mol. The largest absolute Gasteiger partial charge is 0.496 e. The molecule has 2 rings (SSSR count). The summed E-state index contributed by atoms with van der Waals surface area (Å²) in [4.78, 5) is 15.6. The summed E-state index contributed by atoms with van der Waals surface area (Å²) in [6, 6.07) is 1.66. The number of methoxy groups -OCH3 is 1. The van der Waals surface area contributed by atoms with Crippen LogP contribution in [0.3, 0.4) is 0 Å². The van der Waals surface area contributed by atoms with Crippen LogP contribution in [0.5, 0.6) is 5.75 Å². The molecule has 0 aliphatic heterocycles. The Bertz CT molecular complexity index is 411. The number of carbonyl (C=O) groups excluding carboxylic acids is 1. The first kappa shape index (κ1) is 9.96. The molecule has 1 aliphatic carbocycles. The average molecular weight is 206 g/mol. The molecular weight excluding hydrogens is 192 g/mol. The fourth-order valence-electron chi connectivity index (χ4n) is 1.73. The summed E-state index contributed by atoms with van der Waals surface area (Å²) in [6.45, 7) is 2.08. The van der Waals surface area contributed by atoms with E-state index in [1.165, 1.54) is 7.11 Å². The summed E-state index contributed by atoms with van der Waals surface area (Å²) >= 11 is 0. The van der Waals surface area contributed by atoms with Gasteiger partial charge in [-0.2, -0.15) is 0 Å². The quantitative estimate of drug-likeness (QED) is 0.809. The Morgan fingerprint density at radius 2 is 2.27 bits per heavy atom. The number of hydrogen-bond acceptors (Lipinski definition) is 3. The van der Waals surface area contributed by atoms with Gasteiger partial charge in [0.2, 0.25) is 0 Å². The second kappa shape index (κ2) is 3.22. The number of primary amides is 1. The smallest absolute Gasteiger partial charge is 0.254 e. The Morgan fingerprint density at radius 3 is 2.73 bits per heavy atom. The molecule has 1 aliphatic rings. The first-order valence-corrected chi connectivity index (χ1v) is 4.92. The first-order valence-electron chi connectivity index (χ1n) is 4.92. The molecule has 0 atom stereocenters. The summed E-state index contributed by atoms with van der Waals surface area (Å²) in [5.74, 6) is 0.0451. The Balaban J connectivity index is 2.58. The molecule has 4 nitrogen and oxygen atoms in total. The second-order valence-electron chi connectivity index (χ2n) is 4.16. The van der Waals surface area contributed by atoms with E-state index in [1.54, 1.807) is 12.3 Å². The zero-order valence-corrected chi connectivity index (χ0v) is 8.91. The van der Waals surface area contributed by atoms with Crippen LogP contribution < -0.4 is 10.5 Å². The van der Waals surface area contributed by atoms with Crippen molar-refractivity contribution >= 4 is 5.91 Å². The van der Waals surface area contributed by atoms with Crippen molar-refractivity contribution < 1.29 is 9.53 Å². The lowest BCUT2D eigenvalue weighted by Crippen LogP contribution is -2.19. The molecule has 1 saturated carbocycles. The molecule has 80 valence electrons. The standard InChI is InChI=1S/C11H14N2O2/c1-11(4-5-11)9-8(10(12)14)7(15-2)3-6-13-9/h3,6H,4-5H2,1-2H3,(H2,12,14). The van der Waals surface area contributed by atoms with Crippen molar-refractivity contribution in [3.05, 3.63) is 23.5 Å². The van der Waals surface area contributed by atoms with Gasteiger partial charge in [0.25, 0.3) is 5.91 Å². The van der Waals surface area contributed by atoms with E-state index in [9.17, 15) is 4.79 Å². The van der Waals surface area contributed by atoms with Gasteiger partial charge in [-0.05, 0) is 18.9 Å². The van der Waals surface area contributed by atoms with Crippen LogP contribution in [0.15, 0.2) is 12.3 Å². The topological polar surface area (TPSA) is 65.2 Å². The minimum absolute atomic E-state index is 0.0128. The number of pyridine rings is 1. The molecule has 1 amide bonds. The third-order valence-electron chi connectivity index (χ3n) is 2.95. The zero-order valence-electron chi connectivity index (χ0n) is 8.91. The third-order valence-corrected chi connectivity index (χ3v) is 2.95. The molecule has 1 aromatic rings. The van der Waals surface area contributed by atoms with E-state index in [0.29, 0.717) is 11.3 Å². The lowest BCUT2D eigenvalue weighted by molar-refractivity contribution is 0.0995. The number of rotatable bonds is 3. The highest BCUT2D eigenvalue weighted by atomic mass is 16.5. The summed E-state index contributed by atoms with van der Waals surface area (Å²) < 4.78 is 5.13. The van der Waals surface area contributed by atoms with Crippen LogP contribution in [0, 0.1) is 0 Å². The lowest BCUT2D eigenvalue weighted by Gasteiger charge is -2.14. The zero-order chi connectivity index (χ0) is 11.1. The van der Waals surface area contributed by atoms with Crippen molar-refractivity contribution in [1.82, 2.24) is 4.98 Å². The Hall–Kier alpha value is -1.58. The van der Waals surface area contributed by atoms with Gasteiger partial charge in [0.05, 0.1) is 12.8 Å². The summed E-state index contributed by atoms with van der Waals surface area (Å²) in [5, 5.41) is 0. The van der Waals surface area contributed by atoms with Crippen molar-refractivity contribution in [3.8, 4) is 5.75 Å². The molecule has 1 fully saturated rings. The molecule has 2 N–H and O–H groups in total. The van der Waals surface area contributed by atoms with Crippen LogP contribution in [0.25, 0.3) is 0 Å². The van der Waals surface area contributed by atoms with Gasteiger partial charge in [-0.1, -0.05) is 6.92 Å². The average Bonchev–Trinajstić information content (AvgIpc) is 2.96. The SMILES string of the molecule is COc1ccnc(C2(C)CC2)c1C(N)=O. The van der Waals surface area contributed by atoms with Gasteiger partial charge in [0.1, 0.15) is 11.3 Å². The van der Waals surface area contributed by atoms with Gasteiger partial charge in [-0.3, -0.25) is 9.78 Å². The van der Waals surface area contributed by atoms with E-state index in [-0.39, 0.29) is 5.41 Å². The Morgan fingerprint density at radius 1 is 1.60 bits per heavy atom. The lowest BCUT2D eigenvalue weighted by atomic mass is 9.98. The van der Waals surface area contributed by atoms with Crippen molar-refractivity contribution in [1.29, 1.82) is 0 Å². The Labute approximate surface area is 88.4 Å². The maximum Gasteiger partial charge on any atom is 0.254 e. The number of nitrogens with two attached hydrogens (primary N) is 1. The monoisotopic (exact) mass is 206 g/mol. The maximum absolute atomic E-state index is 11.4. The third kappa shape index (κ3) is 1.56. The van der Waals surface area contributed by atoms with Crippen LogP contribution in [0.2, 0.25) is 0 Å². The number of ether oxygens (including phenoxy) is 1. The molecule has 4 heteroatoms. The van der Waals surface area contributed by atoms with Crippen molar-refractivity contribution in [2.45, 2.75) is 25.2 Å². The molecule has 1 heterocycles. The minimum atomic E-state index is -0.469. The van der Waals surface area contributed by atoms with Crippen LogP contribution in [0.4, 0.5) is 0 Å². The predicted octanol–water partition coefficient (Wildman–Crippen LogP) is 1.24. The molecule has 0 saturated heterocycles. The highest BCUT2D eigenvalue weighted by Gasteiger charge is 2.43. The van der Waals surface area contributed by atoms with Crippen molar-refractivity contribution in [2.75, 3.05) is 7.11 Å². The van der Waals surface area contributed by atoms with Gasteiger partial charge in [0, 0.05) is 11.6 Å². The van der Waals surface area contributed by atoms with Crippen LogP contribution in [0.1, 0.15) is 35.8 Å². The van der Waals surface area contributed by atoms with Crippen molar-refractivity contribution in [2.24, 2.45) is 5.73 Å². The number of hydrogen-bond donors (Lipinski definition) is 1. The van der Waals surface area contributed by atoms with Crippen LogP contribution in [-0.2, 0) is 5.41 Å². The fraction of sp³-hybridized carbons (Fsp3) is 0.455. The molecule has 0 radical (unpaired) electrons. The Kier molecular flexibility index (Phi) is 2.14. The highest BCUT2D eigenvalue weighted by Crippen LogP contribution is 2.48. The van der Waals surface area contributed by atoms with Gasteiger partial charge in [-0.25, -0.2) is 0 Å². The molecular formula is C11H14N2O2. The molecule has 0 unspecified atom stereocenters. The summed E-state index contributed by atoms with van der Waals surface area (Å²) in [5.41, 5.74) is 6.57. The van der Waals surface area contributed by atoms with Gasteiger partial charge < -0.3 is 10.5 Å². The van der Waals surface area contributed by atoms with Gasteiger partial charge in [0.15, 0.2) is 0 Å². The first-order chi connectivity index (χ1) is 7.08. The maximum atomic E-state index is 11.4. The number of carbonyl (C=O) groups is 1. The fourth-order valence-corrected chi connectivity index (χ4v) is 1.73. The van der Waals surface area contributed by atoms with Gasteiger partial charge in [-0.15, -0.1) is 0 Å².